The Hall–Kier alpha value is -2.38. The van der Waals surface area contributed by atoms with Crippen LogP contribution in [0.4, 0.5) is 5.69 Å². The molecule has 0 aliphatic carbocycles. The van der Waals surface area contributed by atoms with Gasteiger partial charge in [-0.05, 0) is 43.9 Å². The van der Waals surface area contributed by atoms with Gasteiger partial charge in [0.05, 0.1) is 11.3 Å². The zero-order chi connectivity index (χ0) is 21.8. The number of carbonyl (C=O) groups is 1. The molecule has 1 aliphatic heterocycles. The second-order valence-electron chi connectivity index (χ2n) is 8.02. The maximum atomic E-state index is 12.9. The molecule has 162 valence electrons. The Bertz CT molecular complexity index is 968. The smallest absolute Gasteiger partial charge is 0.253 e. The van der Waals surface area contributed by atoms with E-state index in [2.05, 4.69) is 17.4 Å². The molecule has 0 radical (unpaired) electrons. The van der Waals surface area contributed by atoms with Crippen LogP contribution in [0.1, 0.15) is 49.0 Å². The van der Waals surface area contributed by atoms with E-state index in [1.54, 1.807) is 28.6 Å². The standard InChI is InChI=1S/C23H31N3O3S/c1-3-17-30(28,29)26-15-13-23(14-16-26,19-9-5-4-6-10-19)18(2)25-22(27)20-11-7-8-12-21(20)24/h4-12,18H,3,13-17,24H2,1-2H3,(H,25,27)/t18-/m0/s1. The number of para-hydroxylation sites is 1. The molecule has 3 rings (SSSR count). The fraction of sp³-hybridized carbons (Fsp3) is 0.435. The van der Waals surface area contributed by atoms with Gasteiger partial charge in [-0.1, -0.05) is 49.4 Å². The molecule has 2 aromatic carbocycles. The van der Waals surface area contributed by atoms with E-state index in [0.29, 0.717) is 43.6 Å². The first-order valence-corrected chi connectivity index (χ1v) is 12.1. The molecule has 0 saturated carbocycles. The Kier molecular flexibility index (Phi) is 6.83. The summed E-state index contributed by atoms with van der Waals surface area (Å²) in [5.41, 5.74) is 7.64. The van der Waals surface area contributed by atoms with Gasteiger partial charge in [0.15, 0.2) is 0 Å². The van der Waals surface area contributed by atoms with E-state index in [1.807, 2.05) is 32.0 Å². The van der Waals surface area contributed by atoms with Gasteiger partial charge < -0.3 is 11.1 Å². The van der Waals surface area contributed by atoms with Crippen molar-refractivity contribution in [1.29, 1.82) is 0 Å². The van der Waals surface area contributed by atoms with Crippen LogP contribution < -0.4 is 11.1 Å². The highest BCUT2D eigenvalue weighted by atomic mass is 32.2. The van der Waals surface area contributed by atoms with Gasteiger partial charge in [0.25, 0.3) is 5.91 Å². The molecule has 1 atom stereocenters. The number of nitrogens with two attached hydrogens (primary N) is 1. The van der Waals surface area contributed by atoms with E-state index in [1.165, 1.54) is 0 Å². The lowest BCUT2D eigenvalue weighted by atomic mass is 9.68. The third-order valence-electron chi connectivity index (χ3n) is 6.20. The van der Waals surface area contributed by atoms with Gasteiger partial charge in [-0.15, -0.1) is 0 Å². The number of nitrogen functional groups attached to an aromatic ring is 1. The number of anilines is 1. The van der Waals surface area contributed by atoms with E-state index < -0.39 is 10.0 Å². The van der Waals surface area contributed by atoms with E-state index in [4.69, 9.17) is 5.73 Å². The molecule has 2 aromatic rings. The molecule has 1 heterocycles. The normalized spacial score (nSPS) is 17.9. The predicted octanol–water partition coefficient (Wildman–Crippen LogP) is 3.16. The average Bonchev–Trinajstić information content (AvgIpc) is 2.74. The first-order valence-electron chi connectivity index (χ1n) is 10.5. The van der Waals surface area contributed by atoms with Crippen LogP contribution in [0, 0.1) is 0 Å². The highest BCUT2D eigenvalue weighted by Gasteiger charge is 2.43. The first-order chi connectivity index (χ1) is 14.3. The van der Waals surface area contributed by atoms with E-state index >= 15 is 0 Å². The number of nitrogens with zero attached hydrogens (tertiary/aromatic N) is 1. The lowest BCUT2D eigenvalue weighted by molar-refractivity contribution is 0.0896. The molecule has 0 aromatic heterocycles. The summed E-state index contributed by atoms with van der Waals surface area (Å²) in [6.45, 7) is 4.78. The Morgan fingerprint density at radius 3 is 2.30 bits per heavy atom. The maximum absolute atomic E-state index is 12.9. The Labute approximate surface area is 179 Å². The molecule has 1 amide bonds. The second-order valence-corrected chi connectivity index (χ2v) is 10.1. The van der Waals surface area contributed by atoms with Crippen LogP contribution in [-0.4, -0.2) is 43.5 Å². The molecule has 1 aliphatic rings. The topological polar surface area (TPSA) is 92.5 Å². The number of benzene rings is 2. The lowest BCUT2D eigenvalue weighted by Crippen LogP contribution is -2.55. The van der Waals surface area contributed by atoms with Gasteiger partial charge in [-0.3, -0.25) is 4.79 Å². The van der Waals surface area contributed by atoms with Crippen LogP contribution in [-0.2, 0) is 15.4 Å². The highest BCUT2D eigenvalue weighted by molar-refractivity contribution is 7.89. The summed E-state index contributed by atoms with van der Waals surface area (Å²) in [6, 6.07) is 16.9. The lowest BCUT2D eigenvalue weighted by Gasteiger charge is -2.45. The van der Waals surface area contributed by atoms with Crippen molar-refractivity contribution < 1.29 is 13.2 Å². The van der Waals surface area contributed by atoms with Crippen LogP contribution in [0.3, 0.4) is 0 Å². The summed E-state index contributed by atoms with van der Waals surface area (Å²) in [4.78, 5) is 12.9. The SMILES string of the molecule is CCCS(=O)(=O)N1CCC(c2ccccc2)([C@H](C)NC(=O)c2ccccc2N)CC1. The number of rotatable bonds is 7. The van der Waals surface area contributed by atoms with Crippen LogP contribution in [0.25, 0.3) is 0 Å². The summed E-state index contributed by atoms with van der Waals surface area (Å²) in [7, 11) is -3.23. The molecule has 1 saturated heterocycles. The summed E-state index contributed by atoms with van der Waals surface area (Å²) in [5.74, 6) is -0.0396. The Balaban J connectivity index is 1.85. The molecule has 0 unspecified atom stereocenters. The monoisotopic (exact) mass is 429 g/mol. The zero-order valence-electron chi connectivity index (χ0n) is 17.7. The third kappa shape index (κ3) is 4.52. The summed E-state index contributed by atoms with van der Waals surface area (Å²) < 4.78 is 26.7. The molecule has 30 heavy (non-hydrogen) atoms. The number of amides is 1. The minimum atomic E-state index is -3.23. The number of hydrogen-bond acceptors (Lipinski definition) is 4. The quantitative estimate of drug-likeness (QED) is 0.661. The first kappa shape index (κ1) is 22.3. The van der Waals surface area contributed by atoms with Crippen molar-refractivity contribution in [3.63, 3.8) is 0 Å². The van der Waals surface area contributed by atoms with Gasteiger partial charge in [-0.2, -0.15) is 0 Å². The minimum Gasteiger partial charge on any atom is -0.398 e. The molecular weight excluding hydrogens is 398 g/mol. The predicted molar refractivity (Wildman–Crippen MR) is 121 cm³/mol. The maximum Gasteiger partial charge on any atom is 0.253 e. The van der Waals surface area contributed by atoms with Crippen LogP contribution in [0.5, 0.6) is 0 Å². The molecule has 0 spiro atoms. The van der Waals surface area contributed by atoms with Crippen molar-refractivity contribution in [3.05, 3.63) is 65.7 Å². The fourth-order valence-electron chi connectivity index (χ4n) is 4.41. The largest absolute Gasteiger partial charge is 0.398 e. The molecule has 0 bridgehead atoms. The van der Waals surface area contributed by atoms with Crippen LogP contribution in [0.2, 0.25) is 0 Å². The average molecular weight is 430 g/mol. The van der Waals surface area contributed by atoms with Crippen molar-refractivity contribution >= 4 is 21.6 Å². The van der Waals surface area contributed by atoms with Crippen molar-refractivity contribution in [2.24, 2.45) is 0 Å². The van der Waals surface area contributed by atoms with Gasteiger partial charge in [0, 0.05) is 30.2 Å². The van der Waals surface area contributed by atoms with Gasteiger partial charge in [-0.25, -0.2) is 12.7 Å². The van der Waals surface area contributed by atoms with Crippen molar-refractivity contribution in [2.45, 2.75) is 44.6 Å². The van der Waals surface area contributed by atoms with Crippen LogP contribution in [0.15, 0.2) is 54.6 Å². The fourth-order valence-corrected chi connectivity index (χ4v) is 5.92. The Morgan fingerprint density at radius 1 is 1.10 bits per heavy atom. The Morgan fingerprint density at radius 2 is 1.70 bits per heavy atom. The molecular formula is C23H31N3O3S. The molecule has 7 heteroatoms. The highest BCUT2D eigenvalue weighted by Crippen LogP contribution is 2.39. The molecule has 6 nitrogen and oxygen atoms in total. The van der Waals surface area contributed by atoms with E-state index in [0.717, 1.165) is 5.56 Å². The molecule has 3 N–H and O–H groups in total. The zero-order valence-corrected chi connectivity index (χ0v) is 18.5. The summed E-state index contributed by atoms with van der Waals surface area (Å²) >= 11 is 0. The van der Waals surface area contributed by atoms with Gasteiger partial charge in [0.1, 0.15) is 0 Å². The van der Waals surface area contributed by atoms with E-state index in [9.17, 15) is 13.2 Å². The third-order valence-corrected chi connectivity index (χ3v) is 8.28. The van der Waals surface area contributed by atoms with Gasteiger partial charge in [0.2, 0.25) is 10.0 Å². The second kappa shape index (κ2) is 9.18. The number of hydrogen-bond donors (Lipinski definition) is 2. The number of piperidine rings is 1. The molecule has 1 fully saturated rings. The summed E-state index contributed by atoms with van der Waals surface area (Å²) in [6.07, 6.45) is 1.89. The van der Waals surface area contributed by atoms with Crippen molar-refractivity contribution in [1.82, 2.24) is 9.62 Å². The van der Waals surface area contributed by atoms with E-state index in [-0.39, 0.29) is 23.1 Å². The van der Waals surface area contributed by atoms with Crippen LogP contribution >= 0.6 is 0 Å². The van der Waals surface area contributed by atoms with Crippen molar-refractivity contribution in [2.75, 3.05) is 24.6 Å². The number of sulfonamides is 1. The summed E-state index contributed by atoms with van der Waals surface area (Å²) in [5, 5.41) is 3.14. The number of nitrogens with one attached hydrogen (secondary N) is 1. The number of carbonyl (C=O) groups excluding carboxylic acids is 1. The van der Waals surface area contributed by atoms with Gasteiger partial charge >= 0.3 is 0 Å². The van der Waals surface area contributed by atoms with Crippen molar-refractivity contribution in [3.8, 4) is 0 Å². The minimum absolute atomic E-state index is 0.172.